The quantitative estimate of drug-likeness (QED) is 0.642. The lowest BCUT2D eigenvalue weighted by atomic mass is 10.1. The smallest absolute Gasteiger partial charge is 0.239 e. The van der Waals surface area contributed by atoms with Crippen LogP contribution in [0.2, 0.25) is 10.0 Å². The third-order valence-electron chi connectivity index (χ3n) is 3.39. The van der Waals surface area contributed by atoms with Crippen molar-refractivity contribution >= 4 is 52.3 Å². The van der Waals surface area contributed by atoms with Gasteiger partial charge < -0.3 is 5.32 Å². The van der Waals surface area contributed by atoms with Gasteiger partial charge in [0.25, 0.3) is 0 Å². The lowest BCUT2D eigenvalue weighted by Gasteiger charge is -2.06. The van der Waals surface area contributed by atoms with Crippen molar-refractivity contribution in [3.05, 3.63) is 69.7 Å². The second kappa shape index (κ2) is 7.83. The summed E-state index contributed by atoms with van der Waals surface area (Å²) in [7, 11) is 0. The van der Waals surface area contributed by atoms with Crippen molar-refractivity contribution in [1.82, 2.24) is 5.32 Å². The molecule has 24 heavy (non-hydrogen) atoms. The summed E-state index contributed by atoms with van der Waals surface area (Å²) in [6, 6.07) is 14.8. The van der Waals surface area contributed by atoms with Gasteiger partial charge in [0.15, 0.2) is 5.17 Å². The van der Waals surface area contributed by atoms with Gasteiger partial charge in [-0.1, -0.05) is 71.4 Å². The van der Waals surface area contributed by atoms with Gasteiger partial charge in [-0.05, 0) is 24.1 Å². The van der Waals surface area contributed by atoms with Gasteiger partial charge in [0.05, 0.1) is 11.5 Å². The number of amides is 1. The molecule has 0 radical (unpaired) electrons. The van der Waals surface area contributed by atoms with E-state index in [1.54, 1.807) is 12.3 Å². The van der Waals surface area contributed by atoms with Gasteiger partial charge in [0.2, 0.25) is 5.91 Å². The SMILES string of the molecule is O=C1N/C(=N\N=Cc2ccccc2Cl)S[C@H]1Cc1ccccc1Cl. The molecular formula is C17H13Cl2N3OS. The van der Waals surface area contributed by atoms with E-state index in [9.17, 15) is 4.79 Å². The van der Waals surface area contributed by atoms with Gasteiger partial charge in [-0.15, -0.1) is 5.10 Å². The van der Waals surface area contributed by atoms with E-state index < -0.39 is 0 Å². The molecule has 1 N–H and O–H groups in total. The molecule has 1 aliphatic rings. The first-order valence-electron chi connectivity index (χ1n) is 7.20. The van der Waals surface area contributed by atoms with Crippen molar-refractivity contribution in [2.75, 3.05) is 0 Å². The number of nitrogens with zero attached hydrogens (tertiary/aromatic N) is 2. The van der Waals surface area contributed by atoms with Crippen LogP contribution in [0.3, 0.4) is 0 Å². The highest BCUT2D eigenvalue weighted by Crippen LogP contribution is 2.26. The molecule has 0 unspecified atom stereocenters. The Morgan fingerprint density at radius 1 is 1.08 bits per heavy atom. The third-order valence-corrected chi connectivity index (χ3v) is 5.18. The fourth-order valence-electron chi connectivity index (χ4n) is 2.17. The van der Waals surface area contributed by atoms with E-state index in [2.05, 4.69) is 15.5 Å². The molecule has 0 bridgehead atoms. The Bertz CT molecular complexity index is 823. The Morgan fingerprint density at radius 2 is 1.79 bits per heavy atom. The molecular weight excluding hydrogens is 365 g/mol. The largest absolute Gasteiger partial charge is 0.303 e. The van der Waals surface area contributed by atoms with Crippen LogP contribution in [0.25, 0.3) is 0 Å². The number of amidine groups is 1. The van der Waals surface area contributed by atoms with Crippen LogP contribution in [0, 0.1) is 0 Å². The topological polar surface area (TPSA) is 53.8 Å². The number of thioether (sulfide) groups is 1. The van der Waals surface area contributed by atoms with Crippen LogP contribution >= 0.6 is 35.0 Å². The minimum Gasteiger partial charge on any atom is -0.303 e. The van der Waals surface area contributed by atoms with Crippen LogP contribution in [0.15, 0.2) is 58.7 Å². The number of carbonyl (C=O) groups excluding carboxylic acids is 1. The number of halogens is 2. The number of nitrogens with one attached hydrogen (secondary N) is 1. The first-order chi connectivity index (χ1) is 11.6. The number of hydrogen-bond acceptors (Lipinski definition) is 4. The highest BCUT2D eigenvalue weighted by molar-refractivity contribution is 8.15. The van der Waals surface area contributed by atoms with E-state index in [1.807, 2.05) is 42.5 Å². The molecule has 7 heteroatoms. The van der Waals surface area contributed by atoms with Crippen LogP contribution in [0.4, 0.5) is 0 Å². The van der Waals surface area contributed by atoms with Gasteiger partial charge in [0.1, 0.15) is 0 Å². The lowest BCUT2D eigenvalue weighted by molar-refractivity contribution is -0.118. The average molecular weight is 378 g/mol. The molecule has 122 valence electrons. The zero-order valence-corrected chi connectivity index (χ0v) is 14.8. The highest BCUT2D eigenvalue weighted by atomic mass is 35.5. The standard InChI is InChI=1S/C17H13Cl2N3OS/c18-13-7-3-1-5-11(13)9-15-16(23)21-17(24-15)22-20-10-12-6-2-4-8-14(12)19/h1-8,10,15H,9H2,(H,21,22,23)/t15-/m0/s1. The summed E-state index contributed by atoms with van der Waals surface area (Å²) in [5, 5.41) is 12.2. The molecule has 1 atom stereocenters. The molecule has 0 spiro atoms. The molecule has 0 aliphatic carbocycles. The maximum atomic E-state index is 12.1. The van der Waals surface area contributed by atoms with E-state index in [0.717, 1.165) is 11.1 Å². The Balaban J connectivity index is 1.66. The summed E-state index contributed by atoms with van der Waals surface area (Å²) in [4.78, 5) is 12.1. The minimum absolute atomic E-state index is 0.0911. The normalized spacial score (nSPS) is 19.2. The molecule has 1 saturated heterocycles. The van der Waals surface area contributed by atoms with E-state index in [-0.39, 0.29) is 11.2 Å². The van der Waals surface area contributed by atoms with E-state index in [0.29, 0.717) is 21.6 Å². The van der Waals surface area contributed by atoms with Crippen LogP contribution in [0.5, 0.6) is 0 Å². The monoisotopic (exact) mass is 377 g/mol. The number of carbonyl (C=O) groups is 1. The molecule has 1 fully saturated rings. The Hall–Kier alpha value is -1.82. The van der Waals surface area contributed by atoms with Crippen molar-refractivity contribution < 1.29 is 4.79 Å². The second-order valence-corrected chi connectivity index (χ2v) is 7.07. The summed E-state index contributed by atoms with van der Waals surface area (Å²) in [6.07, 6.45) is 2.10. The molecule has 3 rings (SSSR count). The summed E-state index contributed by atoms with van der Waals surface area (Å²) in [6.45, 7) is 0. The van der Waals surface area contributed by atoms with Crippen LogP contribution in [-0.2, 0) is 11.2 Å². The fraction of sp³-hybridized carbons (Fsp3) is 0.118. The van der Waals surface area contributed by atoms with Gasteiger partial charge in [0, 0.05) is 15.6 Å². The molecule has 4 nitrogen and oxygen atoms in total. The molecule has 0 aromatic heterocycles. The first kappa shape index (κ1) is 17.0. The maximum absolute atomic E-state index is 12.1. The zero-order valence-electron chi connectivity index (χ0n) is 12.4. The highest BCUT2D eigenvalue weighted by Gasteiger charge is 2.30. The molecule has 2 aromatic carbocycles. The Morgan fingerprint density at radius 3 is 2.54 bits per heavy atom. The second-order valence-electron chi connectivity index (χ2n) is 5.06. The average Bonchev–Trinajstić information content (AvgIpc) is 2.91. The summed E-state index contributed by atoms with van der Waals surface area (Å²) >= 11 is 13.5. The molecule has 0 saturated carbocycles. The fourth-order valence-corrected chi connectivity index (χ4v) is 3.52. The van der Waals surface area contributed by atoms with E-state index in [1.165, 1.54) is 11.8 Å². The Kier molecular flexibility index (Phi) is 5.56. The minimum atomic E-state index is -0.265. The summed E-state index contributed by atoms with van der Waals surface area (Å²) in [5.41, 5.74) is 1.71. The summed E-state index contributed by atoms with van der Waals surface area (Å²) < 4.78 is 0. The van der Waals surface area contributed by atoms with Gasteiger partial charge in [-0.3, -0.25) is 4.79 Å². The third kappa shape index (κ3) is 4.17. The van der Waals surface area contributed by atoms with E-state index in [4.69, 9.17) is 23.2 Å². The zero-order chi connectivity index (χ0) is 16.9. The first-order valence-corrected chi connectivity index (χ1v) is 8.83. The number of rotatable bonds is 4. The van der Waals surface area contributed by atoms with Crippen LogP contribution in [-0.4, -0.2) is 22.5 Å². The van der Waals surface area contributed by atoms with Crippen molar-refractivity contribution in [2.45, 2.75) is 11.7 Å². The van der Waals surface area contributed by atoms with Gasteiger partial charge in [-0.2, -0.15) is 5.10 Å². The summed E-state index contributed by atoms with van der Waals surface area (Å²) in [5.74, 6) is -0.0911. The van der Waals surface area contributed by atoms with Crippen LogP contribution < -0.4 is 5.32 Å². The number of hydrogen-bond donors (Lipinski definition) is 1. The predicted octanol–water partition coefficient (Wildman–Crippen LogP) is 4.16. The van der Waals surface area contributed by atoms with Gasteiger partial charge >= 0.3 is 0 Å². The van der Waals surface area contributed by atoms with Crippen molar-refractivity contribution in [1.29, 1.82) is 0 Å². The molecule has 1 amide bonds. The molecule has 1 heterocycles. The van der Waals surface area contributed by atoms with Crippen molar-refractivity contribution in [3.8, 4) is 0 Å². The number of benzene rings is 2. The van der Waals surface area contributed by atoms with Crippen molar-refractivity contribution in [3.63, 3.8) is 0 Å². The van der Waals surface area contributed by atoms with Gasteiger partial charge in [-0.25, -0.2) is 0 Å². The van der Waals surface area contributed by atoms with Crippen LogP contribution in [0.1, 0.15) is 11.1 Å². The Labute approximate surface area is 154 Å². The lowest BCUT2D eigenvalue weighted by Crippen LogP contribution is -2.26. The maximum Gasteiger partial charge on any atom is 0.239 e. The predicted molar refractivity (Wildman–Crippen MR) is 101 cm³/mol. The van der Waals surface area contributed by atoms with E-state index >= 15 is 0 Å². The molecule has 2 aromatic rings. The van der Waals surface area contributed by atoms with Crippen molar-refractivity contribution in [2.24, 2.45) is 10.2 Å². The molecule has 1 aliphatic heterocycles.